The summed E-state index contributed by atoms with van der Waals surface area (Å²) in [6.07, 6.45) is 1.60. The van der Waals surface area contributed by atoms with Gasteiger partial charge in [0, 0.05) is 29.2 Å². The molecule has 1 unspecified atom stereocenters. The summed E-state index contributed by atoms with van der Waals surface area (Å²) < 4.78 is 19.6. The van der Waals surface area contributed by atoms with Crippen molar-refractivity contribution in [3.05, 3.63) is 70.1 Å². The predicted molar refractivity (Wildman–Crippen MR) is 122 cm³/mol. The minimum absolute atomic E-state index is 0.0129. The Labute approximate surface area is 200 Å². The molecule has 0 spiro atoms. The summed E-state index contributed by atoms with van der Waals surface area (Å²) in [5.41, 5.74) is 0.659. The van der Waals surface area contributed by atoms with Gasteiger partial charge in [-0.15, -0.1) is 0 Å². The van der Waals surface area contributed by atoms with E-state index in [1.807, 2.05) is 0 Å². The van der Waals surface area contributed by atoms with Crippen LogP contribution in [0.4, 0.5) is 10.2 Å². The molecule has 13 heteroatoms. The summed E-state index contributed by atoms with van der Waals surface area (Å²) in [4.78, 5) is 47.2. The van der Waals surface area contributed by atoms with Gasteiger partial charge in [0.25, 0.3) is 11.8 Å². The molecule has 10 nitrogen and oxygen atoms in total. The average molecular weight is 500 g/mol. The molecule has 5 rings (SSSR count). The van der Waals surface area contributed by atoms with Crippen LogP contribution in [0.2, 0.25) is 5.02 Å². The smallest absolute Gasteiger partial charge is 0.287 e. The number of imidazole rings is 1. The number of rotatable bonds is 4. The Morgan fingerprint density at radius 3 is 2.91 bits per heavy atom. The average Bonchev–Trinajstić information content (AvgIpc) is 3.41. The van der Waals surface area contributed by atoms with Gasteiger partial charge in [0.05, 0.1) is 11.7 Å². The van der Waals surface area contributed by atoms with Gasteiger partial charge in [-0.05, 0) is 41.9 Å². The SMILES string of the molecule is CNC(=O)c1nc(NC(=O)c2nsc3ncccc23)c2n1CC(=O)NC2c1cc(F)ccc1Cl. The third-order valence-electron chi connectivity index (χ3n) is 5.28. The molecule has 1 atom stereocenters. The summed E-state index contributed by atoms with van der Waals surface area (Å²) >= 11 is 7.38. The van der Waals surface area contributed by atoms with E-state index in [0.29, 0.717) is 10.2 Å². The molecule has 34 heavy (non-hydrogen) atoms. The Balaban J connectivity index is 1.64. The Kier molecular flexibility index (Phi) is 5.46. The predicted octanol–water partition coefficient (Wildman–Crippen LogP) is 2.51. The van der Waals surface area contributed by atoms with Gasteiger partial charge in [0.15, 0.2) is 11.5 Å². The van der Waals surface area contributed by atoms with Gasteiger partial charge in [-0.2, -0.15) is 4.37 Å². The van der Waals surface area contributed by atoms with E-state index in [1.54, 1.807) is 18.3 Å². The topological polar surface area (TPSA) is 131 Å². The maximum Gasteiger partial charge on any atom is 0.287 e. The van der Waals surface area contributed by atoms with Crippen LogP contribution >= 0.6 is 23.1 Å². The fraction of sp³-hybridized carbons (Fsp3) is 0.143. The van der Waals surface area contributed by atoms with Gasteiger partial charge in [0.2, 0.25) is 11.7 Å². The number of amides is 3. The van der Waals surface area contributed by atoms with Crippen LogP contribution in [0.1, 0.15) is 38.4 Å². The number of halogens is 2. The van der Waals surface area contributed by atoms with Gasteiger partial charge >= 0.3 is 0 Å². The van der Waals surface area contributed by atoms with Crippen molar-refractivity contribution in [3.8, 4) is 0 Å². The highest BCUT2D eigenvalue weighted by Crippen LogP contribution is 2.36. The van der Waals surface area contributed by atoms with Gasteiger partial charge in [0.1, 0.15) is 17.2 Å². The maximum atomic E-state index is 14.1. The fourth-order valence-corrected chi connectivity index (χ4v) is 4.74. The standard InChI is InChI=1S/C21H15ClFN7O3S/c1-24-20(33)18-27-17(28-19(32)15-10-3-2-6-25-21(10)34-29-15)16-14(26-13(31)8-30(16)18)11-7-9(23)4-5-12(11)22/h2-7,14H,8H2,1H3,(H,24,33)(H,26,31)(H,28,32). The van der Waals surface area contributed by atoms with Gasteiger partial charge < -0.3 is 20.5 Å². The second-order valence-corrected chi connectivity index (χ2v) is 8.50. The summed E-state index contributed by atoms with van der Waals surface area (Å²) in [6, 6.07) is 6.16. The second-order valence-electron chi connectivity index (χ2n) is 7.34. The van der Waals surface area contributed by atoms with Crippen LogP contribution < -0.4 is 16.0 Å². The number of carbonyl (C=O) groups excluding carboxylic acids is 3. The van der Waals surface area contributed by atoms with Gasteiger partial charge in [-0.1, -0.05) is 11.6 Å². The van der Waals surface area contributed by atoms with E-state index in [4.69, 9.17) is 11.6 Å². The van der Waals surface area contributed by atoms with Crippen molar-refractivity contribution in [1.29, 1.82) is 0 Å². The number of nitrogens with one attached hydrogen (secondary N) is 3. The Morgan fingerprint density at radius 2 is 2.12 bits per heavy atom. The number of anilines is 1. The first-order chi connectivity index (χ1) is 16.4. The lowest BCUT2D eigenvalue weighted by atomic mass is 10.0. The van der Waals surface area contributed by atoms with E-state index in [0.717, 1.165) is 11.5 Å². The number of pyridine rings is 1. The van der Waals surface area contributed by atoms with Crippen LogP contribution in [0.15, 0.2) is 36.5 Å². The summed E-state index contributed by atoms with van der Waals surface area (Å²) in [6.45, 7) is -0.228. The van der Waals surface area contributed by atoms with E-state index in [2.05, 4.69) is 30.3 Å². The van der Waals surface area contributed by atoms with Crippen molar-refractivity contribution in [1.82, 2.24) is 29.5 Å². The van der Waals surface area contributed by atoms with Gasteiger partial charge in [-0.3, -0.25) is 14.4 Å². The highest BCUT2D eigenvalue weighted by Gasteiger charge is 2.36. The lowest BCUT2D eigenvalue weighted by Gasteiger charge is -2.28. The minimum Gasteiger partial charge on any atom is -0.352 e. The number of benzene rings is 1. The van der Waals surface area contributed by atoms with E-state index < -0.39 is 29.6 Å². The Bertz CT molecular complexity index is 1480. The molecule has 4 heterocycles. The lowest BCUT2D eigenvalue weighted by molar-refractivity contribution is -0.123. The van der Waals surface area contributed by atoms with Crippen molar-refractivity contribution in [2.24, 2.45) is 0 Å². The molecule has 3 N–H and O–H groups in total. The Hall–Kier alpha value is -3.90. The first-order valence-corrected chi connectivity index (χ1v) is 11.1. The zero-order valence-electron chi connectivity index (χ0n) is 17.4. The molecular formula is C21H15ClFN7O3S. The quantitative estimate of drug-likeness (QED) is 0.395. The molecule has 1 aliphatic heterocycles. The summed E-state index contributed by atoms with van der Waals surface area (Å²) in [5, 5.41) is 8.66. The number of hydrogen-bond acceptors (Lipinski definition) is 7. The highest BCUT2D eigenvalue weighted by atomic mass is 35.5. The number of fused-ring (bicyclic) bond motifs is 2. The first-order valence-electron chi connectivity index (χ1n) is 9.96. The minimum atomic E-state index is -0.973. The van der Waals surface area contributed by atoms with E-state index >= 15 is 0 Å². The van der Waals surface area contributed by atoms with Crippen molar-refractivity contribution in [2.75, 3.05) is 12.4 Å². The molecule has 0 bridgehead atoms. The zero-order chi connectivity index (χ0) is 24.0. The third-order valence-corrected chi connectivity index (χ3v) is 6.40. The monoisotopic (exact) mass is 499 g/mol. The van der Waals surface area contributed by atoms with Crippen LogP contribution in [-0.4, -0.2) is 43.7 Å². The van der Waals surface area contributed by atoms with Crippen molar-refractivity contribution >= 4 is 56.9 Å². The van der Waals surface area contributed by atoms with Crippen molar-refractivity contribution in [3.63, 3.8) is 0 Å². The summed E-state index contributed by atoms with van der Waals surface area (Å²) in [5.74, 6) is -2.23. The van der Waals surface area contributed by atoms with Crippen LogP contribution in [0, 0.1) is 5.82 Å². The molecule has 1 aliphatic rings. The number of carbonyl (C=O) groups is 3. The molecule has 4 aromatic rings. The molecule has 3 aromatic heterocycles. The normalized spacial score (nSPS) is 15.0. The van der Waals surface area contributed by atoms with Crippen LogP contribution in [0.5, 0.6) is 0 Å². The van der Waals surface area contributed by atoms with E-state index in [1.165, 1.54) is 29.8 Å². The lowest BCUT2D eigenvalue weighted by Crippen LogP contribution is -2.41. The molecule has 0 saturated heterocycles. The van der Waals surface area contributed by atoms with Crippen LogP contribution in [0.3, 0.4) is 0 Å². The molecule has 1 aromatic carbocycles. The highest BCUT2D eigenvalue weighted by molar-refractivity contribution is 7.13. The fourth-order valence-electron chi connectivity index (χ4n) is 3.79. The molecule has 0 fully saturated rings. The summed E-state index contributed by atoms with van der Waals surface area (Å²) in [7, 11) is 1.42. The molecular weight excluding hydrogens is 485 g/mol. The second kappa shape index (κ2) is 8.47. The number of aromatic nitrogens is 4. The molecule has 0 saturated carbocycles. The van der Waals surface area contributed by atoms with Gasteiger partial charge in [-0.25, -0.2) is 14.4 Å². The van der Waals surface area contributed by atoms with Crippen molar-refractivity contribution in [2.45, 2.75) is 12.6 Å². The number of nitrogens with zero attached hydrogens (tertiary/aromatic N) is 4. The van der Waals surface area contributed by atoms with E-state index in [9.17, 15) is 18.8 Å². The Morgan fingerprint density at radius 1 is 1.29 bits per heavy atom. The molecule has 172 valence electrons. The maximum absolute atomic E-state index is 14.1. The van der Waals surface area contributed by atoms with Crippen LogP contribution in [0.25, 0.3) is 10.2 Å². The first kappa shape index (κ1) is 21.9. The van der Waals surface area contributed by atoms with Crippen molar-refractivity contribution < 1.29 is 18.8 Å². The molecule has 3 amide bonds. The largest absolute Gasteiger partial charge is 0.352 e. The zero-order valence-corrected chi connectivity index (χ0v) is 19.0. The van der Waals surface area contributed by atoms with E-state index in [-0.39, 0.29) is 40.2 Å². The molecule has 0 radical (unpaired) electrons. The molecule has 0 aliphatic carbocycles. The number of hydrogen-bond donors (Lipinski definition) is 3. The third kappa shape index (κ3) is 3.66. The van der Waals surface area contributed by atoms with Crippen LogP contribution in [-0.2, 0) is 11.3 Å².